The Kier molecular flexibility index (Phi) is 11.8. The topological polar surface area (TPSA) is 195 Å². The highest BCUT2D eigenvalue weighted by molar-refractivity contribution is 6.01. The van der Waals surface area contributed by atoms with Crippen molar-refractivity contribution in [1.82, 2.24) is 16.0 Å². The van der Waals surface area contributed by atoms with Crippen molar-refractivity contribution < 1.29 is 28.8 Å². The van der Waals surface area contributed by atoms with Crippen LogP contribution in [0.2, 0.25) is 0 Å². The molecule has 3 rings (SSSR count). The van der Waals surface area contributed by atoms with Gasteiger partial charge in [0.1, 0.15) is 18.7 Å². The molecule has 3 aromatic carbocycles. The molecule has 6 N–H and O–H groups in total. The van der Waals surface area contributed by atoms with E-state index >= 15 is 0 Å². The van der Waals surface area contributed by atoms with Crippen LogP contribution in [0.4, 0.5) is 21.0 Å². The number of hydrogen-bond acceptors (Lipinski definition) is 8. The van der Waals surface area contributed by atoms with Crippen molar-refractivity contribution in [2.45, 2.75) is 38.0 Å². The molecular formula is C29H32N6O7. The molecule has 0 bridgehead atoms. The van der Waals surface area contributed by atoms with E-state index in [2.05, 4.69) is 21.3 Å². The summed E-state index contributed by atoms with van der Waals surface area (Å²) < 4.78 is 5.27. The first-order valence-corrected chi connectivity index (χ1v) is 13.1. The minimum Gasteiger partial charge on any atom is -0.445 e. The van der Waals surface area contributed by atoms with Crippen molar-refractivity contribution >= 4 is 35.3 Å². The molecular weight excluding hydrogens is 544 g/mol. The van der Waals surface area contributed by atoms with Gasteiger partial charge in [0, 0.05) is 30.8 Å². The lowest BCUT2D eigenvalue weighted by Gasteiger charge is -2.22. The van der Waals surface area contributed by atoms with Crippen molar-refractivity contribution in [2.24, 2.45) is 5.73 Å². The van der Waals surface area contributed by atoms with Crippen molar-refractivity contribution in [2.75, 3.05) is 11.9 Å². The number of primary amides is 1. The maximum atomic E-state index is 13.3. The second kappa shape index (κ2) is 16.0. The summed E-state index contributed by atoms with van der Waals surface area (Å²) in [4.78, 5) is 60.6. The van der Waals surface area contributed by atoms with Gasteiger partial charge in [-0.15, -0.1) is 0 Å². The Labute approximate surface area is 242 Å². The number of anilines is 1. The molecule has 5 amide bonds. The van der Waals surface area contributed by atoms with Crippen molar-refractivity contribution in [1.29, 1.82) is 0 Å². The fourth-order valence-electron chi connectivity index (χ4n) is 3.93. The first-order valence-electron chi connectivity index (χ1n) is 13.1. The van der Waals surface area contributed by atoms with Crippen molar-refractivity contribution in [3.05, 3.63) is 106 Å². The Morgan fingerprint density at radius 3 is 2.02 bits per heavy atom. The van der Waals surface area contributed by atoms with Gasteiger partial charge < -0.3 is 26.4 Å². The zero-order chi connectivity index (χ0) is 30.3. The molecule has 220 valence electrons. The molecule has 0 aliphatic heterocycles. The summed E-state index contributed by atoms with van der Waals surface area (Å²) in [6.45, 7) is 0.173. The van der Waals surface area contributed by atoms with Crippen LogP contribution in [0, 0.1) is 10.1 Å². The summed E-state index contributed by atoms with van der Waals surface area (Å²) in [5.41, 5.74) is 6.88. The van der Waals surface area contributed by atoms with Crippen molar-refractivity contribution in [3.63, 3.8) is 0 Å². The number of nitrogens with one attached hydrogen (secondary N) is 4. The largest absolute Gasteiger partial charge is 0.445 e. The highest BCUT2D eigenvalue weighted by Crippen LogP contribution is 2.17. The Bertz CT molecular complexity index is 1350. The fourth-order valence-corrected chi connectivity index (χ4v) is 3.93. The second-order valence-corrected chi connectivity index (χ2v) is 9.24. The van der Waals surface area contributed by atoms with Gasteiger partial charge in [0.2, 0.25) is 11.8 Å². The predicted molar refractivity (Wildman–Crippen MR) is 154 cm³/mol. The molecule has 0 spiro atoms. The zero-order valence-corrected chi connectivity index (χ0v) is 22.7. The highest BCUT2D eigenvalue weighted by atomic mass is 16.6. The van der Waals surface area contributed by atoms with Crippen LogP contribution in [-0.4, -0.2) is 47.5 Å². The maximum Gasteiger partial charge on any atom is 0.408 e. The first kappa shape index (κ1) is 31.1. The average Bonchev–Trinajstić information content (AvgIpc) is 2.98. The number of nitrogens with two attached hydrogens (primary N) is 1. The Balaban J connectivity index is 1.70. The summed E-state index contributed by atoms with van der Waals surface area (Å²) in [6.07, 6.45) is -0.247. The first-order chi connectivity index (χ1) is 20.2. The molecule has 3 aromatic rings. The Hall–Kier alpha value is -5.46. The number of carbonyl (C=O) groups excluding carboxylic acids is 4. The number of amides is 5. The van der Waals surface area contributed by atoms with Crippen molar-refractivity contribution in [3.8, 4) is 0 Å². The van der Waals surface area contributed by atoms with E-state index in [1.54, 1.807) is 48.5 Å². The van der Waals surface area contributed by atoms with Crippen LogP contribution in [0.5, 0.6) is 0 Å². The standard InChI is InChI=1S/C29H32N6O7/c30-28(38)31-17-7-12-24(32-22-13-15-23(16-14-22)35(40)41)26(36)34-27(37)25(18-20-8-3-1-4-9-20)33-29(39)42-19-21-10-5-2-6-11-21/h1-6,8-11,13-16,24-25,32H,7,12,17-19H2,(H,33,39)(H3,30,31,38)(H,34,36,37). The number of nitrogens with zero attached hydrogens (tertiary/aromatic N) is 1. The van der Waals surface area contributed by atoms with Gasteiger partial charge in [-0.1, -0.05) is 60.7 Å². The number of hydrogen-bond donors (Lipinski definition) is 5. The molecule has 0 saturated heterocycles. The quantitative estimate of drug-likeness (QED) is 0.110. The number of non-ortho nitro benzene ring substituents is 1. The van der Waals surface area contributed by atoms with Gasteiger partial charge in [0.15, 0.2) is 0 Å². The average molecular weight is 577 g/mol. The van der Waals surface area contributed by atoms with Crippen LogP contribution in [-0.2, 0) is 27.4 Å². The molecule has 42 heavy (non-hydrogen) atoms. The number of nitro groups is 1. The number of nitro benzene ring substituents is 1. The normalized spacial score (nSPS) is 11.8. The van der Waals surface area contributed by atoms with E-state index in [4.69, 9.17) is 10.5 Å². The SMILES string of the molecule is NC(=O)NCCCC(Nc1ccc([N+](=O)[O-])cc1)C(=O)NC(=O)C(Cc1ccccc1)NC(=O)OCc1ccccc1. The van der Waals surface area contributed by atoms with E-state index < -0.39 is 40.9 Å². The number of alkyl carbamates (subject to hydrolysis) is 1. The van der Waals surface area contributed by atoms with E-state index in [9.17, 15) is 29.3 Å². The van der Waals surface area contributed by atoms with Crippen LogP contribution in [0.15, 0.2) is 84.9 Å². The molecule has 0 radical (unpaired) electrons. The van der Waals surface area contributed by atoms with E-state index in [1.165, 1.54) is 24.3 Å². The molecule has 2 unspecified atom stereocenters. The minimum absolute atomic E-state index is 0.00809. The number of urea groups is 1. The van der Waals surface area contributed by atoms with Crippen LogP contribution < -0.4 is 27.0 Å². The molecule has 0 aromatic heterocycles. The Morgan fingerprint density at radius 1 is 0.833 bits per heavy atom. The van der Waals surface area contributed by atoms with E-state index in [0.717, 1.165) is 11.1 Å². The lowest BCUT2D eigenvalue weighted by molar-refractivity contribution is -0.384. The predicted octanol–water partition coefficient (Wildman–Crippen LogP) is 3.00. The van der Waals surface area contributed by atoms with Gasteiger partial charge in [0.05, 0.1) is 4.92 Å². The number of rotatable bonds is 14. The second-order valence-electron chi connectivity index (χ2n) is 9.24. The fraction of sp³-hybridized carbons (Fsp3) is 0.241. The molecule has 13 heteroatoms. The van der Waals surface area contributed by atoms with E-state index in [-0.39, 0.29) is 31.7 Å². The summed E-state index contributed by atoms with van der Waals surface area (Å²) in [7, 11) is 0. The van der Waals surface area contributed by atoms with Crippen LogP contribution in [0.25, 0.3) is 0 Å². The summed E-state index contributed by atoms with van der Waals surface area (Å²) in [5, 5.41) is 21.3. The summed E-state index contributed by atoms with van der Waals surface area (Å²) in [6, 6.07) is 20.6. The van der Waals surface area contributed by atoms with E-state index in [0.29, 0.717) is 12.1 Å². The zero-order valence-electron chi connectivity index (χ0n) is 22.7. The third kappa shape index (κ3) is 10.6. The van der Waals surface area contributed by atoms with Gasteiger partial charge in [0.25, 0.3) is 5.69 Å². The van der Waals surface area contributed by atoms with Gasteiger partial charge in [-0.2, -0.15) is 0 Å². The third-order valence-corrected chi connectivity index (χ3v) is 6.05. The monoisotopic (exact) mass is 576 g/mol. The van der Waals surface area contributed by atoms with Gasteiger partial charge in [-0.3, -0.25) is 25.0 Å². The van der Waals surface area contributed by atoms with E-state index in [1.807, 2.05) is 12.1 Å². The summed E-state index contributed by atoms with van der Waals surface area (Å²) >= 11 is 0. The molecule has 0 fully saturated rings. The maximum absolute atomic E-state index is 13.3. The third-order valence-electron chi connectivity index (χ3n) is 6.05. The lowest BCUT2D eigenvalue weighted by Crippen LogP contribution is -2.52. The van der Waals surface area contributed by atoms with Gasteiger partial charge >= 0.3 is 12.1 Å². The van der Waals surface area contributed by atoms with Crippen LogP contribution in [0.3, 0.4) is 0 Å². The number of carbonyl (C=O) groups is 4. The number of imide groups is 1. The van der Waals surface area contributed by atoms with Crippen LogP contribution in [0.1, 0.15) is 24.0 Å². The smallest absolute Gasteiger partial charge is 0.408 e. The molecule has 0 aliphatic rings. The van der Waals surface area contributed by atoms with Gasteiger partial charge in [-0.05, 0) is 36.1 Å². The highest BCUT2D eigenvalue weighted by Gasteiger charge is 2.27. The Morgan fingerprint density at radius 2 is 1.43 bits per heavy atom. The molecule has 13 nitrogen and oxygen atoms in total. The number of benzene rings is 3. The molecule has 2 atom stereocenters. The summed E-state index contributed by atoms with van der Waals surface area (Å²) in [5.74, 6) is -1.46. The minimum atomic E-state index is -1.14. The molecule has 0 saturated carbocycles. The van der Waals surface area contributed by atoms with Gasteiger partial charge in [-0.25, -0.2) is 9.59 Å². The number of ether oxygens (including phenoxy) is 1. The molecule has 0 heterocycles. The molecule has 0 aliphatic carbocycles. The van der Waals surface area contributed by atoms with Crippen LogP contribution >= 0.6 is 0 Å². The lowest BCUT2D eigenvalue weighted by atomic mass is 10.0.